The average molecular weight is 296 g/mol. The average Bonchev–Trinajstić information content (AvgIpc) is 3.01. The molecule has 1 aliphatic rings. The summed E-state index contributed by atoms with van der Waals surface area (Å²) in [6.07, 6.45) is 6.08. The van der Waals surface area contributed by atoms with Crippen LogP contribution in [0.1, 0.15) is 42.4 Å². The number of rotatable bonds is 5. The minimum absolute atomic E-state index is 0.350. The summed E-state index contributed by atoms with van der Waals surface area (Å²) in [5, 5.41) is 0. The first-order chi connectivity index (χ1) is 10.8. The fourth-order valence-electron chi connectivity index (χ4n) is 3.25. The number of para-hydroxylation sites is 1. The normalized spacial score (nSPS) is 15.0. The van der Waals surface area contributed by atoms with Gasteiger partial charge >= 0.3 is 0 Å². The van der Waals surface area contributed by atoms with Gasteiger partial charge in [-0.2, -0.15) is 0 Å². The molecule has 116 valence electrons. The van der Waals surface area contributed by atoms with Gasteiger partial charge in [-0.15, -0.1) is 0 Å². The number of methoxy groups -OCH3 is 1. The third-order valence-corrected chi connectivity index (χ3v) is 4.34. The molecule has 22 heavy (non-hydrogen) atoms. The molecule has 1 saturated carbocycles. The number of aryl methyl sites for hydroxylation is 1. The monoisotopic (exact) mass is 296 g/mol. The molecular formula is C20H24O2. The summed E-state index contributed by atoms with van der Waals surface area (Å²) in [5.74, 6) is 1.77. The van der Waals surface area contributed by atoms with E-state index in [0.29, 0.717) is 6.10 Å². The van der Waals surface area contributed by atoms with E-state index in [1.165, 1.54) is 29.5 Å². The van der Waals surface area contributed by atoms with Crippen molar-refractivity contribution in [2.45, 2.75) is 45.1 Å². The van der Waals surface area contributed by atoms with Gasteiger partial charge in [0, 0.05) is 12.0 Å². The highest BCUT2D eigenvalue weighted by Gasteiger charge is 2.19. The quantitative estimate of drug-likeness (QED) is 0.780. The van der Waals surface area contributed by atoms with Crippen LogP contribution >= 0.6 is 0 Å². The molecule has 0 aliphatic heterocycles. The largest absolute Gasteiger partial charge is 0.493 e. The zero-order valence-corrected chi connectivity index (χ0v) is 13.5. The maximum Gasteiger partial charge on any atom is 0.164 e. The van der Waals surface area contributed by atoms with Crippen LogP contribution in [-0.2, 0) is 6.42 Å². The van der Waals surface area contributed by atoms with Gasteiger partial charge in [0.05, 0.1) is 13.2 Å². The SMILES string of the molecule is COc1c(Cc2cccc(C)c2)cccc1OC1CCCC1. The van der Waals surface area contributed by atoms with E-state index >= 15 is 0 Å². The van der Waals surface area contributed by atoms with Crippen molar-refractivity contribution < 1.29 is 9.47 Å². The van der Waals surface area contributed by atoms with Gasteiger partial charge in [0.1, 0.15) is 0 Å². The molecule has 0 bridgehead atoms. The Bertz CT molecular complexity index is 627. The second kappa shape index (κ2) is 6.87. The number of hydrogen-bond donors (Lipinski definition) is 0. The van der Waals surface area contributed by atoms with Gasteiger partial charge < -0.3 is 9.47 Å². The zero-order chi connectivity index (χ0) is 15.4. The first kappa shape index (κ1) is 15.0. The Kier molecular flexibility index (Phi) is 4.67. The summed E-state index contributed by atoms with van der Waals surface area (Å²) in [7, 11) is 1.73. The molecule has 0 heterocycles. The van der Waals surface area contributed by atoms with E-state index in [0.717, 1.165) is 30.8 Å². The first-order valence-electron chi connectivity index (χ1n) is 8.14. The summed E-state index contributed by atoms with van der Waals surface area (Å²) >= 11 is 0. The molecule has 1 fully saturated rings. The zero-order valence-electron chi connectivity index (χ0n) is 13.5. The van der Waals surface area contributed by atoms with Gasteiger partial charge in [-0.1, -0.05) is 42.0 Å². The Labute approximate surface area is 133 Å². The van der Waals surface area contributed by atoms with Crippen molar-refractivity contribution in [3.63, 3.8) is 0 Å². The Morgan fingerprint density at radius 3 is 2.55 bits per heavy atom. The van der Waals surface area contributed by atoms with Crippen molar-refractivity contribution in [2.75, 3.05) is 7.11 Å². The van der Waals surface area contributed by atoms with E-state index < -0.39 is 0 Å². The van der Waals surface area contributed by atoms with E-state index in [2.05, 4.69) is 43.3 Å². The Hall–Kier alpha value is -1.96. The summed E-state index contributed by atoms with van der Waals surface area (Å²) in [6.45, 7) is 2.13. The second-order valence-electron chi connectivity index (χ2n) is 6.14. The van der Waals surface area contributed by atoms with Gasteiger partial charge in [-0.3, -0.25) is 0 Å². The highest BCUT2D eigenvalue weighted by atomic mass is 16.5. The van der Waals surface area contributed by atoms with E-state index in [1.54, 1.807) is 7.11 Å². The topological polar surface area (TPSA) is 18.5 Å². The molecular weight excluding hydrogens is 272 g/mol. The van der Waals surface area contributed by atoms with Crippen molar-refractivity contribution in [3.05, 3.63) is 59.2 Å². The number of hydrogen-bond acceptors (Lipinski definition) is 2. The van der Waals surface area contributed by atoms with Gasteiger partial charge in [-0.25, -0.2) is 0 Å². The number of ether oxygens (including phenoxy) is 2. The predicted molar refractivity (Wildman–Crippen MR) is 89.9 cm³/mol. The maximum atomic E-state index is 6.17. The lowest BCUT2D eigenvalue weighted by Gasteiger charge is -2.18. The molecule has 0 amide bonds. The van der Waals surface area contributed by atoms with Crippen molar-refractivity contribution in [1.82, 2.24) is 0 Å². The fourth-order valence-corrected chi connectivity index (χ4v) is 3.25. The molecule has 0 aromatic heterocycles. The Balaban J connectivity index is 1.84. The van der Waals surface area contributed by atoms with Crippen molar-refractivity contribution >= 4 is 0 Å². The molecule has 2 aromatic rings. The van der Waals surface area contributed by atoms with Crippen LogP contribution in [0.15, 0.2) is 42.5 Å². The third-order valence-electron chi connectivity index (χ3n) is 4.34. The van der Waals surface area contributed by atoms with Crippen LogP contribution < -0.4 is 9.47 Å². The van der Waals surface area contributed by atoms with Crippen molar-refractivity contribution in [1.29, 1.82) is 0 Å². The van der Waals surface area contributed by atoms with E-state index in [-0.39, 0.29) is 0 Å². The van der Waals surface area contributed by atoms with Gasteiger partial charge in [0.15, 0.2) is 11.5 Å². The van der Waals surface area contributed by atoms with Crippen molar-refractivity contribution in [2.24, 2.45) is 0 Å². The molecule has 2 nitrogen and oxygen atoms in total. The Morgan fingerprint density at radius 2 is 1.82 bits per heavy atom. The van der Waals surface area contributed by atoms with E-state index in [4.69, 9.17) is 9.47 Å². The molecule has 2 aromatic carbocycles. The molecule has 0 atom stereocenters. The minimum atomic E-state index is 0.350. The van der Waals surface area contributed by atoms with Crippen LogP contribution in [-0.4, -0.2) is 13.2 Å². The summed E-state index contributed by atoms with van der Waals surface area (Å²) in [5.41, 5.74) is 3.77. The smallest absolute Gasteiger partial charge is 0.164 e. The lowest BCUT2D eigenvalue weighted by atomic mass is 10.0. The summed E-state index contributed by atoms with van der Waals surface area (Å²) in [4.78, 5) is 0. The standard InChI is InChI=1S/C20H24O2/c1-15-7-5-8-16(13-15)14-17-9-6-12-19(20(17)21-2)22-18-10-3-4-11-18/h5-9,12-13,18H,3-4,10-11,14H2,1-2H3. The van der Waals surface area contributed by atoms with Crippen LogP contribution in [0, 0.1) is 6.92 Å². The van der Waals surface area contributed by atoms with Crippen molar-refractivity contribution in [3.8, 4) is 11.5 Å². The lowest BCUT2D eigenvalue weighted by Crippen LogP contribution is -2.12. The van der Waals surface area contributed by atoms with Gasteiger partial charge in [0.25, 0.3) is 0 Å². The molecule has 2 heteroatoms. The van der Waals surface area contributed by atoms with Gasteiger partial charge in [-0.05, 0) is 44.2 Å². The highest BCUT2D eigenvalue weighted by Crippen LogP contribution is 2.35. The fraction of sp³-hybridized carbons (Fsp3) is 0.400. The second-order valence-corrected chi connectivity index (χ2v) is 6.14. The molecule has 0 radical (unpaired) electrons. The first-order valence-corrected chi connectivity index (χ1v) is 8.14. The van der Waals surface area contributed by atoms with Crippen LogP contribution in [0.25, 0.3) is 0 Å². The Morgan fingerprint density at radius 1 is 1.05 bits per heavy atom. The maximum absolute atomic E-state index is 6.17. The summed E-state index contributed by atoms with van der Waals surface area (Å²) in [6, 6.07) is 14.8. The minimum Gasteiger partial charge on any atom is -0.493 e. The van der Waals surface area contributed by atoms with Crippen LogP contribution in [0.3, 0.4) is 0 Å². The van der Waals surface area contributed by atoms with Crippen LogP contribution in [0.5, 0.6) is 11.5 Å². The summed E-state index contributed by atoms with van der Waals surface area (Å²) < 4.78 is 11.8. The molecule has 1 aliphatic carbocycles. The van der Waals surface area contributed by atoms with Crippen LogP contribution in [0.4, 0.5) is 0 Å². The highest BCUT2D eigenvalue weighted by molar-refractivity contribution is 5.48. The van der Waals surface area contributed by atoms with Crippen LogP contribution in [0.2, 0.25) is 0 Å². The predicted octanol–water partition coefficient (Wildman–Crippen LogP) is 4.92. The third kappa shape index (κ3) is 3.44. The van der Waals surface area contributed by atoms with E-state index in [9.17, 15) is 0 Å². The molecule has 0 spiro atoms. The van der Waals surface area contributed by atoms with Gasteiger partial charge in [0.2, 0.25) is 0 Å². The molecule has 0 N–H and O–H groups in total. The molecule has 0 saturated heterocycles. The molecule has 0 unspecified atom stereocenters. The van der Waals surface area contributed by atoms with E-state index in [1.807, 2.05) is 6.07 Å². The lowest BCUT2D eigenvalue weighted by molar-refractivity contribution is 0.200. The molecule has 3 rings (SSSR count). The number of benzene rings is 2.